The largest absolute Gasteiger partial charge is 0.381 e. The minimum absolute atomic E-state index is 0.0144. The predicted molar refractivity (Wildman–Crippen MR) is 66.3 cm³/mol. The van der Waals surface area contributed by atoms with E-state index in [0.29, 0.717) is 12.2 Å². The Kier molecular flexibility index (Phi) is 3.24. The van der Waals surface area contributed by atoms with Gasteiger partial charge in [0, 0.05) is 18.9 Å². The van der Waals surface area contributed by atoms with E-state index in [4.69, 9.17) is 5.73 Å². The van der Waals surface area contributed by atoms with Crippen LogP contribution in [0, 0.1) is 0 Å². The van der Waals surface area contributed by atoms with E-state index in [1.165, 1.54) is 23.3 Å². The van der Waals surface area contributed by atoms with Gasteiger partial charge in [0.25, 0.3) is 10.0 Å². The number of nitrogens with zero attached hydrogens (tertiary/aromatic N) is 3. The number of aromatic amines is 1. The van der Waals surface area contributed by atoms with Gasteiger partial charge in [0.1, 0.15) is 4.90 Å². The molecule has 0 aliphatic heterocycles. The van der Waals surface area contributed by atoms with E-state index < -0.39 is 10.0 Å². The maximum absolute atomic E-state index is 12.1. The highest BCUT2D eigenvalue weighted by atomic mass is 32.2. The van der Waals surface area contributed by atoms with E-state index in [1.807, 2.05) is 6.92 Å². The highest BCUT2D eigenvalue weighted by Gasteiger charge is 2.21. The molecule has 2 aromatic heterocycles. The number of rotatable bonds is 5. The molecule has 0 saturated heterocycles. The van der Waals surface area contributed by atoms with Crippen LogP contribution in [0.15, 0.2) is 23.5 Å². The summed E-state index contributed by atoms with van der Waals surface area (Å²) in [6, 6.07) is 0. The van der Waals surface area contributed by atoms with Crippen LogP contribution in [-0.4, -0.2) is 28.4 Å². The molecule has 0 saturated carbocycles. The van der Waals surface area contributed by atoms with E-state index in [2.05, 4.69) is 20.0 Å². The summed E-state index contributed by atoms with van der Waals surface area (Å²) in [4.78, 5) is -0.0304. The molecule has 0 aliphatic rings. The van der Waals surface area contributed by atoms with Crippen molar-refractivity contribution in [2.45, 2.75) is 24.8 Å². The van der Waals surface area contributed by atoms with E-state index >= 15 is 0 Å². The number of nitrogens with two attached hydrogens (primary N) is 1. The van der Waals surface area contributed by atoms with Crippen molar-refractivity contribution in [1.82, 2.24) is 20.0 Å². The maximum atomic E-state index is 12.1. The second kappa shape index (κ2) is 4.69. The van der Waals surface area contributed by atoms with Gasteiger partial charge < -0.3 is 5.73 Å². The molecule has 0 amide bonds. The molecule has 0 radical (unpaired) electrons. The fraction of sp³-hybridized carbons (Fsp3) is 0.333. The van der Waals surface area contributed by atoms with Gasteiger partial charge in [-0.2, -0.15) is 10.2 Å². The zero-order valence-electron chi connectivity index (χ0n) is 9.79. The third kappa shape index (κ3) is 2.45. The third-order valence-corrected chi connectivity index (χ3v) is 3.65. The molecule has 0 unspecified atom stereocenters. The number of nitrogens with one attached hydrogen (secondary N) is 2. The van der Waals surface area contributed by atoms with Gasteiger partial charge in [-0.25, -0.2) is 8.42 Å². The Labute approximate surface area is 104 Å². The Bertz CT molecular complexity index is 616. The Balaban J connectivity index is 2.29. The quantitative estimate of drug-likeness (QED) is 0.726. The Morgan fingerprint density at radius 2 is 2.33 bits per heavy atom. The second-order valence-corrected chi connectivity index (χ2v) is 5.38. The Morgan fingerprint density at radius 1 is 1.56 bits per heavy atom. The van der Waals surface area contributed by atoms with Crippen molar-refractivity contribution in [3.63, 3.8) is 0 Å². The Morgan fingerprint density at radius 3 is 2.94 bits per heavy atom. The van der Waals surface area contributed by atoms with Crippen molar-refractivity contribution in [2.24, 2.45) is 0 Å². The molecule has 8 nitrogen and oxygen atoms in total. The van der Waals surface area contributed by atoms with Gasteiger partial charge in [0.15, 0.2) is 5.82 Å². The van der Waals surface area contributed by atoms with Crippen molar-refractivity contribution in [3.05, 3.63) is 18.6 Å². The summed E-state index contributed by atoms with van der Waals surface area (Å²) in [5, 5.41) is 10.1. The fourth-order valence-corrected chi connectivity index (χ4v) is 2.59. The Hall–Kier alpha value is -2.03. The standard InChI is InChI=1S/C9H14N6O2S/c1-2-3-15-6-8(9(10)13-15)18(16,17)14-7-4-11-12-5-7/h4-6,14H,2-3H2,1H3,(H2,10,13)(H,11,12). The number of aromatic nitrogens is 4. The molecular weight excluding hydrogens is 256 g/mol. The summed E-state index contributed by atoms with van der Waals surface area (Å²) >= 11 is 0. The lowest BCUT2D eigenvalue weighted by Crippen LogP contribution is -2.13. The minimum Gasteiger partial charge on any atom is -0.381 e. The van der Waals surface area contributed by atoms with Crippen molar-refractivity contribution in [3.8, 4) is 0 Å². The maximum Gasteiger partial charge on any atom is 0.267 e. The first-order valence-electron chi connectivity index (χ1n) is 5.37. The van der Waals surface area contributed by atoms with Gasteiger partial charge in [-0.15, -0.1) is 0 Å². The zero-order valence-corrected chi connectivity index (χ0v) is 10.6. The van der Waals surface area contributed by atoms with Gasteiger partial charge in [0.2, 0.25) is 0 Å². The van der Waals surface area contributed by atoms with Crippen molar-refractivity contribution in [2.75, 3.05) is 10.5 Å². The van der Waals surface area contributed by atoms with E-state index in [1.54, 1.807) is 0 Å². The van der Waals surface area contributed by atoms with Crippen LogP contribution in [0.1, 0.15) is 13.3 Å². The topological polar surface area (TPSA) is 119 Å². The molecule has 9 heteroatoms. The van der Waals surface area contributed by atoms with Gasteiger partial charge in [-0.3, -0.25) is 14.5 Å². The minimum atomic E-state index is -3.73. The monoisotopic (exact) mass is 270 g/mol. The van der Waals surface area contributed by atoms with E-state index in [9.17, 15) is 8.42 Å². The van der Waals surface area contributed by atoms with Crippen molar-refractivity contribution >= 4 is 21.5 Å². The number of hydrogen-bond donors (Lipinski definition) is 3. The summed E-state index contributed by atoms with van der Waals surface area (Å²) in [5.74, 6) is -0.0144. The molecule has 2 rings (SSSR count). The fourth-order valence-electron chi connectivity index (χ4n) is 1.49. The van der Waals surface area contributed by atoms with Crippen LogP contribution < -0.4 is 10.5 Å². The lowest BCUT2D eigenvalue weighted by molar-refractivity contribution is 0.595. The third-order valence-electron chi connectivity index (χ3n) is 2.25. The van der Waals surface area contributed by atoms with Gasteiger partial charge in [-0.1, -0.05) is 6.92 Å². The second-order valence-electron chi connectivity index (χ2n) is 3.73. The summed E-state index contributed by atoms with van der Waals surface area (Å²) in [6.07, 6.45) is 5.06. The van der Waals surface area contributed by atoms with Crippen LogP contribution >= 0.6 is 0 Å². The normalized spacial score (nSPS) is 11.6. The number of anilines is 2. The predicted octanol–water partition coefficient (Wildman–Crippen LogP) is 0.399. The highest BCUT2D eigenvalue weighted by Crippen LogP contribution is 2.19. The van der Waals surface area contributed by atoms with Crippen LogP contribution in [0.3, 0.4) is 0 Å². The number of nitrogen functional groups attached to an aromatic ring is 1. The lowest BCUT2D eigenvalue weighted by atomic mass is 10.5. The number of H-pyrrole nitrogens is 1. The first-order valence-corrected chi connectivity index (χ1v) is 6.86. The molecule has 0 spiro atoms. The summed E-state index contributed by atoms with van der Waals surface area (Å²) in [7, 11) is -3.73. The van der Waals surface area contributed by atoms with Gasteiger partial charge in [0.05, 0.1) is 11.9 Å². The molecule has 98 valence electrons. The molecule has 2 aromatic rings. The molecule has 0 aliphatic carbocycles. The summed E-state index contributed by atoms with van der Waals surface area (Å²) in [5.41, 5.74) is 5.96. The van der Waals surface area contributed by atoms with Crippen molar-refractivity contribution < 1.29 is 8.42 Å². The average Bonchev–Trinajstić information content (AvgIpc) is 2.88. The first kappa shape index (κ1) is 12.4. The first-order chi connectivity index (χ1) is 8.53. The molecule has 0 aromatic carbocycles. The van der Waals surface area contributed by atoms with Crippen LogP contribution in [0.5, 0.6) is 0 Å². The summed E-state index contributed by atoms with van der Waals surface area (Å²) < 4.78 is 28.0. The summed E-state index contributed by atoms with van der Waals surface area (Å²) in [6.45, 7) is 2.58. The smallest absolute Gasteiger partial charge is 0.267 e. The van der Waals surface area contributed by atoms with Crippen molar-refractivity contribution in [1.29, 1.82) is 0 Å². The lowest BCUT2D eigenvalue weighted by Gasteiger charge is -2.03. The molecule has 4 N–H and O–H groups in total. The molecule has 0 atom stereocenters. The van der Waals surface area contributed by atoms with Gasteiger partial charge >= 0.3 is 0 Å². The van der Waals surface area contributed by atoms with E-state index in [0.717, 1.165) is 6.42 Å². The highest BCUT2D eigenvalue weighted by molar-refractivity contribution is 7.92. The zero-order chi connectivity index (χ0) is 13.2. The average molecular weight is 270 g/mol. The molecular formula is C9H14N6O2S. The molecule has 0 fully saturated rings. The number of hydrogen-bond acceptors (Lipinski definition) is 5. The molecule has 0 bridgehead atoms. The molecule has 2 heterocycles. The SMILES string of the molecule is CCCn1cc(S(=O)(=O)Nc2cn[nH]c2)c(N)n1. The van der Waals surface area contributed by atoms with Crippen LogP contribution in [0.25, 0.3) is 0 Å². The van der Waals surface area contributed by atoms with E-state index in [-0.39, 0.29) is 10.7 Å². The number of aryl methyl sites for hydroxylation is 1. The van der Waals surface area contributed by atoms with Gasteiger partial charge in [-0.05, 0) is 6.42 Å². The number of sulfonamides is 1. The van der Waals surface area contributed by atoms with Crippen LogP contribution in [0.2, 0.25) is 0 Å². The van der Waals surface area contributed by atoms with Crippen LogP contribution in [-0.2, 0) is 16.6 Å². The molecule has 18 heavy (non-hydrogen) atoms. The van der Waals surface area contributed by atoms with Crippen LogP contribution in [0.4, 0.5) is 11.5 Å².